The third-order valence-corrected chi connectivity index (χ3v) is 5.85. The number of nitro benzene ring substituents is 1. The van der Waals surface area contributed by atoms with Crippen molar-refractivity contribution in [2.45, 2.75) is 26.3 Å². The maximum atomic E-state index is 13.5. The van der Waals surface area contributed by atoms with Gasteiger partial charge in [-0.2, -0.15) is 0 Å². The van der Waals surface area contributed by atoms with E-state index >= 15 is 0 Å². The van der Waals surface area contributed by atoms with Gasteiger partial charge in [0.15, 0.2) is 0 Å². The van der Waals surface area contributed by atoms with Crippen molar-refractivity contribution in [1.82, 2.24) is 4.90 Å². The van der Waals surface area contributed by atoms with Crippen LogP contribution in [0.15, 0.2) is 66.7 Å². The van der Waals surface area contributed by atoms with Crippen molar-refractivity contribution >= 4 is 29.2 Å². The summed E-state index contributed by atoms with van der Waals surface area (Å²) in [7, 11) is 1.57. The minimum atomic E-state index is -0.449. The SMILES string of the molecule is COc1ccc(CN2C(=O)/C(=C\c3ccc(C(C)C)c([N+](=O)[O-])c3)c3ccccc3C2=O)cc1. The number of hydrogen-bond donors (Lipinski definition) is 0. The van der Waals surface area contributed by atoms with Crippen LogP contribution < -0.4 is 4.74 Å². The van der Waals surface area contributed by atoms with Gasteiger partial charge in [-0.15, -0.1) is 0 Å². The molecule has 0 saturated carbocycles. The molecule has 172 valence electrons. The van der Waals surface area contributed by atoms with Crippen LogP contribution in [0.5, 0.6) is 5.75 Å². The Bertz CT molecular complexity index is 1310. The first-order valence-electron chi connectivity index (χ1n) is 10.9. The van der Waals surface area contributed by atoms with Gasteiger partial charge in [0.2, 0.25) is 0 Å². The Morgan fingerprint density at radius 3 is 2.26 bits per heavy atom. The Balaban J connectivity index is 1.78. The molecular formula is C27H24N2O5. The first kappa shape index (κ1) is 22.9. The van der Waals surface area contributed by atoms with Crippen LogP contribution >= 0.6 is 0 Å². The van der Waals surface area contributed by atoms with E-state index < -0.39 is 10.8 Å². The number of imide groups is 1. The zero-order chi connectivity index (χ0) is 24.4. The Morgan fingerprint density at radius 1 is 0.971 bits per heavy atom. The van der Waals surface area contributed by atoms with Gasteiger partial charge in [-0.05, 0) is 46.9 Å². The third-order valence-electron chi connectivity index (χ3n) is 5.85. The maximum absolute atomic E-state index is 13.5. The number of carbonyl (C=O) groups excluding carboxylic acids is 2. The number of ether oxygens (including phenoxy) is 1. The monoisotopic (exact) mass is 456 g/mol. The van der Waals surface area contributed by atoms with Crippen molar-refractivity contribution < 1.29 is 19.2 Å². The van der Waals surface area contributed by atoms with Crippen LogP contribution in [0.4, 0.5) is 5.69 Å². The summed E-state index contributed by atoms with van der Waals surface area (Å²) in [6.45, 7) is 3.88. The summed E-state index contributed by atoms with van der Waals surface area (Å²) in [5, 5.41) is 11.6. The molecule has 4 rings (SSSR count). The normalized spacial score (nSPS) is 14.5. The van der Waals surface area contributed by atoms with Crippen LogP contribution in [0.2, 0.25) is 0 Å². The number of hydrogen-bond acceptors (Lipinski definition) is 5. The highest BCUT2D eigenvalue weighted by molar-refractivity contribution is 6.33. The molecule has 0 fully saturated rings. The van der Waals surface area contributed by atoms with Gasteiger partial charge in [-0.3, -0.25) is 24.6 Å². The lowest BCUT2D eigenvalue weighted by Gasteiger charge is -2.29. The minimum absolute atomic E-state index is 0.00654. The topological polar surface area (TPSA) is 89.8 Å². The number of benzene rings is 3. The van der Waals surface area contributed by atoms with Crippen LogP contribution in [-0.2, 0) is 11.3 Å². The summed E-state index contributed by atoms with van der Waals surface area (Å²) in [6.07, 6.45) is 1.62. The van der Waals surface area contributed by atoms with Crippen molar-refractivity contribution in [3.63, 3.8) is 0 Å². The Hall–Kier alpha value is -4.26. The Kier molecular flexibility index (Phi) is 6.27. The molecule has 0 unspecified atom stereocenters. The van der Waals surface area contributed by atoms with Crippen molar-refractivity contribution in [2.75, 3.05) is 7.11 Å². The zero-order valence-corrected chi connectivity index (χ0v) is 19.1. The molecule has 0 atom stereocenters. The lowest BCUT2D eigenvalue weighted by molar-refractivity contribution is -0.385. The summed E-state index contributed by atoms with van der Waals surface area (Å²) < 4.78 is 5.18. The van der Waals surface area contributed by atoms with Gasteiger partial charge in [0.1, 0.15) is 5.75 Å². The predicted molar refractivity (Wildman–Crippen MR) is 129 cm³/mol. The second-order valence-corrected chi connectivity index (χ2v) is 8.38. The summed E-state index contributed by atoms with van der Waals surface area (Å²) in [5.74, 6) is -0.168. The molecule has 0 saturated heterocycles. The molecule has 1 heterocycles. The number of carbonyl (C=O) groups is 2. The quantitative estimate of drug-likeness (QED) is 0.213. The molecular weight excluding hydrogens is 432 g/mol. The van der Waals surface area contributed by atoms with Gasteiger partial charge < -0.3 is 4.74 Å². The average molecular weight is 456 g/mol. The molecule has 0 bridgehead atoms. The highest BCUT2D eigenvalue weighted by Crippen LogP contribution is 2.33. The van der Waals surface area contributed by atoms with Gasteiger partial charge in [0.25, 0.3) is 17.5 Å². The number of nitro groups is 1. The minimum Gasteiger partial charge on any atom is -0.497 e. The van der Waals surface area contributed by atoms with E-state index in [1.165, 1.54) is 11.0 Å². The summed E-state index contributed by atoms with van der Waals surface area (Å²) in [6, 6.07) is 19.0. The Morgan fingerprint density at radius 2 is 1.65 bits per heavy atom. The predicted octanol–water partition coefficient (Wildman–Crippen LogP) is 5.45. The molecule has 0 aromatic heterocycles. The summed E-state index contributed by atoms with van der Waals surface area (Å²) in [5.41, 5.74) is 3.17. The van der Waals surface area contributed by atoms with Crippen LogP contribution in [0.25, 0.3) is 11.6 Å². The fraction of sp³-hybridized carbons (Fsp3) is 0.185. The van der Waals surface area contributed by atoms with Crippen LogP contribution in [0.3, 0.4) is 0 Å². The van der Waals surface area contributed by atoms with Crippen molar-refractivity contribution in [3.05, 3.63) is 105 Å². The van der Waals surface area contributed by atoms with E-state index in [-0.39, 0.29) is 24.1 Å². The van der Waals surface area contributed by atoms with E-state index in [0.717, 1.165) is 5.56 Å². The second kappa shape index (κ2) is 9.31. The molecule has 3 aromatic carbocycles. The van der Waals surface area contributed by atoms with E-state index in [1.54, 1.807) is 73.8 Å². The van der Waals surface area contributed by atoms with Crippen molar-refractivity contribution in [1.29, 1.82) is 0 Å². The molecule has 0 radical (unpaired) electrons. The maximum Gasteiger partial charge on any atom is 0.273 e. The van der Waals surface area contributed by atoms with Crippen molar-refractivity contribution in [2.24, 2.45) is 0 Å². The first-order valence-corrected chi connectivity index (χ1v) is 10.9. The second-order valence-electron chi connectivity index (χ2n) is 8.38. The molecule has 7 nitrogen and oxygen atoms in total. The lowest BCUT2D eigenvalue weighted by Crippen LogP contribution is -2.41. The number of rotatable bonds is 6. The third kappa shape index (κ3) is 4.32. The largest absolute Gasteiger partial charge is 0.497 e. The number of nitrogens with zero attached hydrogens (tertiary/aromatic N) is 2. The van der Waals surface area contributed by atoms with Crippen LogP contribution in [0.1, 0.15) is 52.4 Å². The Labute approximate surface area is 197 Å². The van der Waals surface area contributed by atoms with Gasteiger partial charge in [-0.1, -0.05) is 56.3 Å². The standard InChI is InChI=1S/C27H24N2O5/c1-17(2)21-13-10-19(15-25(21)29(32)33)14-24-22-6-4-5-7-23(22)26(30)28(27(24)31)16-18-8-11-20(34-3)12-9-18/h4-15,17H,16H2,1-3H3/b24-14-. The highest BCUT2D eigenvalue weighted by atomic mass is 16.6. The lowest BCUT2D eigenvalue weighted by atomic mass is 9.91. The van der Waals surface area contributed by atoms with Crippen molar-refractivity contribution in [3.8, 4) is 5.75 Å². The van der Waals surface area contributed by atoms with Gasteiger partial charge in [0.05, 0.1) is 18.6 Å². The molecule has 0 aliphatic carbocycles. The number of amides is 2. The van der Waals surface area contributed by atoms with E-state index in [9.17, 15) is 19.7 Å². The number of methoxy groups -OCH3 is 1. The molecule has 3 aromatic rings. The van der Waals surface area contributed by atoms with E-state index in [2.05, 4.69) is 0 Å². The molecule has 0 spiro atoms. The van der Waals surface area contributed by atoms with Gasteiger partial charge in [-0.25, -0.2) is 0 Å². The van der Waals surface area contributed by atoms with E-state index in [1.807, 2.05) is 13.8 Å². The molecule has 2 amide bonds. The van der Waals surface area contributed by atoms with E-state index in [0.29, 0.717) is 33.6 Å². The van der Waals surface area contributed by atoms with Gasteiger partial charge in [0, 0.05) is 22.8 Å². The van der Waals surface area contributed by atoms with Gasteiger partial charge >= 0.3 is 0 Å². The smallest absolute Gasteiger partial charge is 0.273 e. The first-order chi connectivity index (χ1) is 16.3. The van der Waals surface area contributed by atoms with E-state index in [4.69, 9.17) is 4.74 Å². The summed E-state index contributed by atoms with van der Waals surface area (Å²) in [4.78, 5) is 39.1. The molecule has 7 heteroatoms. The fourth-order valence-corrected chi connectivity index (χ4v) is 4.06. The van der Waals surface area contributed by atoms with Crippen LogP contribution in [0, 0.1) is 10.1 Å². The summed E-state index contributed by atoms with van der Waals surface area (Å²) >= 11 is 0. The average Bonchev–Trinajstić information content (AvgIpc) is 2.84. The fourth-order valence-electron chi connectivity index (χ4n) is 4.06. The molecule has 34 heavy (non-hydrogen) atoms. The molecule has 1 aliphatic heterocycles. The number of fused-ring (bicyclic) bond motifs is 1. The zero-order valence-electron chi connectivity index (χ0n) is 19.1. The molecule has 0 N–H and O–H groups in total. The molecule has 1 aliphatic rings. The highest BCUT2D eigenvalue weighted by Gasteiger charge is 2.34. The van der Waals surface area contributed by atoms with Crippen LogP contribution in [-0.4, -0.2) is 28.7 Å².